The van der Waals surface area contributed by atoms with Crippen molar-refractivity contribution >= 4 is 23.5 Å². The molecule has 17 heteroatoms. The maximum atomic E-state index is 8.88. The summed E-state index contributed by atoms with van der Waals surface area (Å²) in [6.45, 7) is 0. The zero-order valence-corrected chi connectivity index (χ0v) is 14.1. The standard InChI is InChI=1S/Na.3H3O4P.V.H/c;3*1-5(2,3)4;;/h;3*(H3,1,2,3,4);;/q+1;;;;;-1. The zero-order valence-electron chi connectivity index (χ0n) is 9.04. The average molecular weight is 369 g/mol. The van der Waals surface area contributed by atoms with E-state index in [9.17, 15) is 0 Å². The first-order chi connectivity index (χ1) is 6.00. The normalized spacial score (nSPS) is 10.4. The van der Waals surface area contributed by atoms with Crippen LogP contribution in [0.2, 0.25) is 0 Å². The van der Waals surface area contributed by atoms with Crippen molar-refractivity contribution in [2.45, 2.75) is 0 Å². The molecule has 9 N–H and O–H groups in total. The molecule has 0 amide bonds. The molecule has 12 nitrogen and oxygen atoms in total. The van der Waals surface area contributed by atoms with E-state index in [1.165, 1.54) is 0 Å². The van der Waals surface area contributed by atoms with Gasteiger partial charge in [-0.1, -0.05) is 0 Å². The minimum Gasteiger partial charge on any atom is -1.00 e. The van der Waals surface area contributed by atoms with Crippen molar-refractivity contribution in [1.29, 1.82) is 0 Å². The smallest absolute Gasteiger partial charge is 1.00 e. The fraction of sp³-hybridized carbons (Fsp3) is 0. The van der Waals surface area contributed by atoms with Crippen LogP contribution in [0.4, 0.5) is 0 Å². The molecular weight excluding hydrogens is 359 g/mol. The molecule has 0 aliphatic rings. The van der Waals surface area contributed by atoms with E-state index in [-0.39, 0.29) is 49.5 Å². The van der Waals surface area contributed by atoms with Crippen molar-refractivity contribution < 1.29 is 107 Å². The van der Waals surface area contributed by atoms with E-state index in [2.05, 4.69) is 0 Å². The van der Waals surface area contributed by atoms with Crippen LogP contribution in [0.5, 0.6) is 0 Å². The SMILES string of the molecule is O=P(O)(O)O.O=P(O)(O)O.O=P(O)(O)O.[H-].[Na+].[V]. The van der Waals surface area contributed by atoms with Gasteiger partial charge in [0, 0.05) is 18.6 Å². The van der Waals surface area contributed by atoms with Gasteiger partial charge in [-0.05, 0) is 0 Å². The molecule has 0 atom stereocenters. The summed E-state index contributed by atoms with van der Waals surface area (Å²) in [5.41, 5.74) is 0. The van der Waals surface area contributed by atoms with Crippen molar-refractivity contribution in [2.24, 2.45) is 0 Å². The van der Waals surface area contributed by atoms with Gasteiger partial charge in [0.1, 0.15) is 0 Å². The Balaban J connectivity index is -0.0000000277. The van der Waals surface area contributed by atoms with Crippen molar-refractivity contribution in [3.05, 3.63) is 0 Å². The predicted molar refractivity (Wildman–Crippen MR) is 43.9 cm³/mol. The second kappa shape index (κ2) is 12.9. The zero-order chi connectivity index (χ0) is 13.5. The van der Waals surface area contributed by atoms with Gasteiger partial charge in [0.25, 0.3) is 0 Å². The van der Waals surface area contributed by atoms with Crippen LogP contribution in [-0.4, -0.2) is 44.0 Å². The van der Waals surface area contributed by atoms with Gasteiger partial charge >= 0.3 is 53.0 Å². The number of hydrogen-bond donors (Lipinski definition) is 9. The molecule has 0 saturated heterocycles. The molecule has 0 bridgehead atoms. The molecule has 0 fully saturated rings. The Hall–Kier alpha value is 1.91. The van der Waals surface area contributed by atoms with E-state index in [1.54, 1.807) is 0 Å². The first kappa shape index (κ1) is 31.4. The van der Waals surface area contributed by atoms with Crippen LogP contribution < -0.4 is 29.6 Å². The molecule has 0 aliphatic carbocycles. The van der Waals surface area contributed by atoms with Gasteiger partial charge in [0.05, 0.1) is 0 Å². The van der Waals surface area contributed by atoms with Crippen LogP contribution in [0.15, 0.2) is 0 Å². The summed E-state index contributed by atoms with van der Waals surface area (Å²) < 4.78 is 26.6. The fourth-order valence-electron chi connectivity index (χ4n) is 0. The minimum absolute atomic E-state index is 0. The molecule has 0 aromatic carbocycles. The van der Waals surface area contributed by atoms with Crippen molar-refractivity contribution in [3.63, 3.8) is 0 Å². The van der Waals surface area contributed by atoms with Gasteiger partial charge in [-0.3, -0.25) is 0 Å². The van der Waals surface area contributed by atoms with E-state index < -0.39 is 23.5 Å². The van der Waals surface area contributed by atoms with Crippen LogP contribution in [0.3, 0.4) is 0 Å². The van der Waals surface area contributed by atoms with Gasteiger partial charge in [0.15, 0.2) is 0 Å². The summed E-state index contributed by atoms with van der Waals surface area (Å²) >= 11 is 0. The summed E-state index contributed by atoms with van der Waals surface area (Å²) in [7, 11) is -13.9. The number of hydrogen-bond acceptors (Lipinski definition) is 3. The Morgan fingerprint density at radius 3 is 0.529 bits per heavy atom. The third-order valence-corrected chi connectivity index (χ3v) is 0. The topological polar surface area (TPSA) is 233 Å². The molecule has 17 heavy (non-hydrogen) atoms. The van der Waals surface area contributed by atoms with Crippen molar-refractivity contribution in [1.82, 2.24) is 0 Å². The first-order valence-corrected chi connectivity index (χ1v) is 7.04. The largest absolute Gasteiger partial charge is 1.00 e. The molecule has 0 aromatic rings. The van der Waals surface area contributed by atoms with Gasteiger partial charge < -0.3 is 45.5 Å². The Kier molecular flexibility index (Phi) is 23.8. The van der Waals surface area contributed by atoms with Crippen LogP contribution in [0, 0.1) is 0 Å². The average Bonchev–Trinajstić information content (AvgIpc) is 1.41. The molecule has 1 radical (unpaired) electrons. The molecule has 0 aromatic heterocycles. The van der Waals surface area contributed by atoms with Crippen LogP contribution >= 0.6 is 23.5 Å². The third kappa shape index (κ3) is 1240. The molecule has 0 aliphatic heterocycles. The van der Waals surface area contributed by atoms with Crippen LogP contribution in [-0.2, 0) is 32.3 Å². The summed E-state index contributed by atoms with van der Waals surface area (Å²) in [5.74, 6) is 0. The second-order valence-corrected chi connectivity index (χ2v) is 4.62. The maximum Gasteiger partial charge on any atom is 1.00 e. The quantitative estimate of drug-likeness (QED) is 0.144. The van der Waals surface area contributed by atoms with Gasteiger partial charge in [-0.15, -0.1) is 0 Å². The van der Waals surface area contributed by atoms with E-state index in [4.69, 9.17) is 57.7 Å². The van der Waals surface area contributed by atoms with Crippen molar-refractivity contribution in [3.8, 4) is 0 Å². The number of rotatable bonds is 0. The Morgan fingerprint density at radius 1 is 0.529 bits per heavy atom. The van der Waals surface area contributed by atoms with E-state index >= 15 is 0 Å². The maximum absolute atomic E-state index is 8.88. The molecule has 0 spiro atoms. The summed E-state index contributed by atoms with van der Waals surface area (Å²) in [6.07, 6.45) is 0. The molecule has 0 unspecified atom stereocenters. The number of phosphoric acid groups is 3. The van der Waals surface area contributed by atoms with E-state index in [0.717, 1.165) is 0 Å². The van der Waals surface area contributed by atoms with Gasteiger partial charge in [-0.2, -0.15) is 0 Å². The summed E-state index contributed by atoms with van der Waals surface area (Å²) in [4.78, 5) is 64.7. The van der Waals surface area contributed by atoms with E-state index in [0.29, 0.717) is 0 Å². The van der Waals surface area contributed by atoms with Crippen LogP contribution in [0.25, 0.3) is 0 Å². The summed E-state index contributed by atoms with van der Waals surface area (Å²) in [6, 6.07) is 0. The fourth-order valence-corrected chi connectivity index (χ4v) is 0. The third-order valence-electron chi connectivity index (χ3n) is 0. The molecule has 0 rings (SSSR count). The predicted octanol–water partition coefficient (Wildman–Crippen LogP) is -5.67. The summed E-state index contributed by atoms with van der Waals surface area (Å²) in [5, 5.41) is 0. The Morgan fingerprint density at radius 2 is 0.529 bits per heavy atom. The molecular formula is H10NaO12P3V. The van der Waals surface area contributed by atoms with Crippen LogP contribution in [0.1, 0.15) is 1.43 Å². The van der Waals surface area contributed by atoms with Gasteiger partial charge in [-0.25, -0.2) is 13.7 Å². The molecule has 0 heterocycles. The Labute approximate surface area is 130 Å². The first-order valence-electron chi connectivity index (χ1n) is 2.35. The van der Waals surface area contributed by atoms with Crippen molar-refractivity contribution in [2.75, 3.05) is 0 Å². The van der Waals surface area contributed by atoms with Gasteiger partial charge in [0.2, 0.25) is 0 Å². The Bertz CT molecular complexity index is 213. The van der Waals surface area contributed by atoms with E-state index in [1.807, 2.05) is 0 Å². The molecule has 0 saturated carbocycles. The molecule has 103 valence electrons. The second-order valence-electron chi connectivity index (χ2n) is 1.54. The minimum atomic E-state index is -4.64. The monoisotopic (exact) mass is 369 g/mol.